The van der Waals surface area contributed by atoms with E-state index in [9.17, 15) is 9.18 Å². The van der Waals surface area contributed by atoms with E-state index in [4.69, 9.17) is 14.7 Å². The van der Waals surface area contributed by atoms with E-state index < -0.39 is 5.82 Å². The zero-order valence-electron chi connectivity index (χ0n) is 26.2. The summed E-state index contributed by atoms with van der Waals surface area (Å²) in [6, 6.07) is 10.3. The van der Waals surface area contributed by atoms with Crippen LogP contribution in [-0.2, 0) is 4.79 Å². The topological polar surface area (TPSA) is 150 Å². The zero-order valence-corrected chi connectivity index (χ0v) is 26.2. The molecule has 1 aliphatic rings. The third kappa shape index (κ3) is 6.81. The largest absolute Gasteiger partial charge is 0.492 e. The Labute approximate surface area is 270 Å². The number of likely N-dealkylation sites (N-methyl/N-ethyl adjacent to an activating group) is 1. The van der Waals surface area contributed by atoms with Gasteiger partial charge in [-0.15, -0.1) is 0 Å². The summed E-state index contributed by atoms with van der Waals surface area (Å²) in [6.45, 7) is 3.04. The van der Waals surface area contributed by atoms with Gasteiger partial charge in [0.15, 0.2) is 11.5 Å². The minimum Gasteiger partial charge on any atom is -0.492 e. The number of piperidine rings is 1. The number of imidazole rings is 1. The second-order valence-electron chi connectivity index (χ2n) is 12.1. The first kappa shape index (κ1) is 30.4. The summed E-state index contributed by atoms with van der Waals surface area (Å²) in [5.41, 5.74) is 6.44. The highest BCUT2D eigenvalue weighted by molar-refractivity contribution is 5.96. The number of nitrogens with one attached hydrogen (secondary N) is 4. The van der Waals surface area contributed by atoms with E-state index in [-0.39, 0.29) is 5.91 Å². The van der Waals surface area contributed by atoms with Gasteiger partial charge >= 0.3 is 0 Å². The predicted octanol–water partition coefficient (Wildman–Crippen LogP) is 5.03. The van der Waals surface area contributed by atoms with Crippen molar-refractivity contribution < 1.29 is 13.9 Å². The number of amides is 1. The normalized spacial score (nSPS) is 13.9. The first-order chi connectivity index (χ1) is 22.9. The molecule has 12 nitrogen and oxygen atoms in total. The van der Waals surface area contributed by atoms with Gasteiger partial charge in [0.05, 0.1) is 40.3 Å². The Kier molecular flexibility index (Phi) is 8.55. The zero-order chi connectivity index (χ0) is 32.3. The lowest BCUT2D eigenvalue weighted by Crippen LogP contribution is -2.30. The van der Waals surface area contributed by atoms with Crippen LogP contribution in [0.3, 0.4) is 0 Å². The highest BCUT2D eigenvalue weighted by atomic mass is 19.1. The van der Waals surface area contributed by atoms with Crippen molar-refractivity contribution in [2.75, 3.05) is 45.7 Å². The van der Waals surface area contributed by atoms with Crippen LogP contribution in [0.5, 0.6) is 5.75 Å². The molecule has 1 fully saturated rings. The average molecular weight is 635 g/mol. The molecule has 1 aromatic carbocycles. The van der Waals surface area contributed by atoms with Crippen molar-refractivity contribution in [1.82, 2.24) is 45.3 Å². The molecule has 5 aromatic heterocycles. The van der Waals surface area contributed by atoms with Gasteiger partial charge in [0, 0.05) is 42.6 Å². The molecule has 0 atom stereocenters. The number of nitrogens with zero attached hydrogens (tertiary/aromatic N) is 6. The predicted molar refractivity (Wildman–Crippen MR) is 178 cm³/mol. The van der Waals surface area contributed by atoms with Crippen LogP contribution in [0.15, 0.2) is 61.2 Å². The number of hydrogen-bond acceptors (Lipinski definition) is 9. The molecule has 1 amide bonds. The van der Waals surface area contributed by atoms with Crippen LogP contribution in [0.1, 0.15) is 19.3 Å². The number of pyridine rings is 3. The van der Waals surface area contributed by atoms with Crippen LogP contribution in [0.2, 0.25) is 0 Å². The molecule has 0 unspecified atom stereocenters. The van der Waals surface area contributed by atoms with Gasteiger partial charge in [-0.05, 0) is 81.8 Å². The Bertz CT molecular complexity index is 2050. The van der Waals surface area contributed by atoms with Crippen molar-refractivity contribution in [3.05, 3.63) is 67.0 Å². The lowest BCUT2D eigenvalue weighted by Gasteiger charge is -2.21. The van der Waals surface area contributed by atoms with Gasteiger partial charge in [-0.3, -0.25) is 19.9 Å². The van der Waals surface area contributed by atoms with Gasteiger partial charge in [-0.25, -0.2) is 14.4 Å². The maximum Gasteiger partial charge on any atom is 0.224 e. The fourth-order valence-corrected chi connectivity index (χ4v) is 5.84. The smallest absolute Gasteiger partial charge is 0.224 e. The minimum atomic E-state index is -0.412. The molecule has 13 heteroatoms. The number of fused-ring (bicyclic) bond motifs is 2. The molecule has 0 spiro atoms. The molecule has 0 radical (unpaired) electrons. The number of benzene rings is 1. The monoisotopic (exact) mass is 634 g/mol. The van der Waals surface area contributed by atoms with Crippen LogP contribution in [0.4, 0.5) is 10.1 Å². The van der Waals surface area contributed by atoms with Gasteiger partial charge in [-0.2, -0.15) is 5.10 Å². The van der Waals surface area contributed by atoms with Crippen LogP contribution >= 0.6 is 0 Å². The van der Waals surface area contributed by atoms with E-state index in [1.807, 2.05) is 37.2 Å². The van der Waals surface area contributed by atoms with Crippen molar-refractivity contribution in [2.24, 2.45) is 5.92 Å². The van der Waals surface area contributed by atoms with Crippen molar-refractivity contribution in [3.8, 4) is 39.7 Å². The molecule has 7 rings (SSSR count). The summed E-state index contributed by atoms with van der Waals surface area (Å²) in [5, 5.41) is 13.9. The third-order valence-corrected chi connectivity index (χ3v) is 8.27. The van der Waals surface area contributed by atoms with E-state index in [0.717, 1.165) is 37.0 Å². The number of carbonyl (C=O) groups is 1. The third-order valence-electron chi connectivity index (χ3n) is 8.27. The van der Waals surface area contributed by atoms with Gasteiger partial charge < -0.3 is 25.3 Å². The van der Waals surface area contributed by atoms with Crippen LogP contribution in [0.25, 0.3) is 56.0 Å². The fraction of sp³-hybridized carbons (Fsp3) is 0.294. The van der Waals surface area contributed by atoms with Gasteiger partial charge in [0.25, 0.3) is 0 Å². The molecule has 6 heterocycles. The van der Waals surface area contributed by atoms with Crippen molar-refractivity contribution in [3.63, 3.8) is 0 Å². The number of ether oxygens (including phenoxy) is 1. The second-order valence-corrected chi connectivity index (χ2v) is 12.1. The number of anilines is 1. The van der Waals surface area contributed by atoms with E-state index in [1.165, 1.54) is 12.1 Å². The molecule has 1 saturated heterocycles. The summed E-state index contributed by atoms with van der Waals surface area (Å²) in [5.74, 6) is 0.886. The number of carbonyl (C=O) groups excluding carboxylic acids is 1. The van der Waals surface area contributed by atoms with Gasteiger partial charge in [-0.1, -0.05) is 0 Å². The molecular weight excluding hydrogens is 599 g/mol. The Balaban J connectivity index is 1.16. The molecule has 240 valence electrons. The number of aromatic amines is 2. The molecular formula is C34H35FN10O2. The lowest BCUT2D eigenvalue weighted by atomic mass is 9.94. The highest BCUT2D eigenvalue weighted by Crippen LogP contribution is 2.33. The van der Waals surface area contributed by atoms with Crippen molar-refractivity contribution in [1.29, 1.82) is 0 Å². The average Bonchev–Trinajstić information content (AvgIpc) is 3.69. The second kappa shape index (κ2) is 13.2. The number of aromatic nitrogens is 7. The Morgan fingerprint density at radius 2 is 1.83 bits per heavy atom. The minimum absolute atomic E-state index is 0.0126. The van der Waals surface area contributed by atoms with Crippen LogP contribution in [0, 0.1) is 11.7 Å². The van der Waals surface area contributed by atoms with E-state index >= 15 is 0 Å². The Hall–Kier alpha value is -5.27. The summed E-state index contributed by atoms with van der Waals surface area (Å²) >= 11 is 0. The molecule has 0 saturated carbocycles. The summed E-state index contributed by atoms with van der Waals surface area (Å²) < 4.78 is 20.5. The first-order valence-corrected chi connectivity index (χ1v) is 15.6. The Morgan fingerprint density at radius 1 is 0.979 bits per heavy atom. The van der Waals surface area contributed by atoms with Crippen molar-refractivity contribution >= 4 is 33.7 Å². The van der Waals surface area contributed by atoms with E-state index in [2.05, 4.69) is 35.8 Å². The summed E-state index contributed by atoms with van der Waals surface area (Å²) in [7, 11) is 3.91. The van der Waals surface area contributed by atoms with Crippen LogP contribution in [-0.4, -0.2) is 86.3 Å². The molecule has 4 N–H and O–H groups in total. The lowest BCUT2D eigenvalue weighted by molar-refractivity contribution is -0.117. The number of hydrogen-bond donors (Lipinski definition) is 4. The van der Waals surface area contributed by atoms with Gasteiger partial charge in [0.1, 0.15) is 23.7 Å². The molecule has 1 aliphatic heterocycles. The Morgan fingerprint density at radius 3 is 2.68 bits per heavy atom. The molecule has 0 bridgehead atoms. The molecule has 0 aliphatic carbocycles. The number of H-pyrrole nitrogens is 2. The maximum absolute atomic E-state index is 14.7. The highest BCUT2D eigenvalue weighted by Gasteiger charge is 2.19. The molecule has 6 aromatic rings. The summed E-state index contributed by atoms with van der Waals surface area (Å²) in [6.07, 6.45) is 9.20. The summed E-state index contributed by atoms with van der Waals surface area (Å²) in [4.78, 5) is 36.6. The maximum atomic E-state index is 14.7. The number of halogens is 1. The quantitative estimate of drug-likeness (QED) is 0.163. The standard InChI is InChI=1S/C34H35FN10O2/c1-45(2)9-10-47-25-14-21(12-23(35)15-25)26-18-38-19-29-31(26)42-34(41-29)33-32-28(43-44-33)4-3-27(40-32)22-13-24(17-37-16-22)39-30(46)11-20-5-7-36-8-6-20/h3-4,12-20,36H,5-11H2,1-2H3,(H,39,46)(H,41,42)(H,43,44). The number of rotatable bonds is 10. The van der Waals surface area contributed by atoms with Crippen molar-refractivity contribution in [2.45, 2.75) is 19.3 Å². The van der Waals surface area contributed by atoms with Gasteiger partial charge in [0.2, 0.25) is 5.91 Å². The SMILES string of the molecule is CN(C)CCOc1cc(F)cc(-c2cncc3[nH]c(-c4n[nH]c5ccc(-c6cncc(NC(=O)CC7CCNCC7)c6)nc45)nc23)c1. The van der Waals surface area contributed by atoms with E-state index in [1.54, 1.807) is 30.9 Å². The molecule has 47 heavy (non-hydrogen) atoms. The first-order valence-electron chi connectivity index (χ1n) is 15.6. The fourth-order valence-electron chi connectivity index (χ4n) is 5.84. The van der Waals surface area contributed by atoms with E-state index in [0.29, 0.717) is 81.8 Å². The van der Waals surface area contributed by atoms with Crippen LogP contribution < -0.4 is 15.4 Å².